The molecular weight excluding hydrogens is 418 g/mol. The number of rotatable bonds is 6. The lowest BCUT2D eigenvalue weighted by Crippen LogP contribution is -2.52. The number of likely N-dealkylation sites (tertiary alicyclic amines) is 1. The van der Waals surface area contributed by atoms with E-state index in [-0.39, 0.29) is 29.8 Å². The summed E-state index contributed by atoms with van der Waals surface area (Å²) in [4.78, 5) is 15.2. The lowest BCUT2D eigenvalue weighted by atomic mass is 9.81. The summed E-state index contributed by atoms with van der Waals surface area (Å²) >= 11 is 0. The van der Waals surface area contributed by atoms with E-state index < -0.39 is 0 Å². The topological polar surface area (TPSA) is 57.2 Å². The number of ether oxygens (including phenoxy) is 4. The van der Waals surface area contributed by atoms with Gasteiger partial charge in [0.15, 0.2) is 11.5 Å². The van der Waals surface area contributed by atoms with Crippen molar-refractivity contribution < 1.29 is 23.7 Å². The fraction of sp³-hybridized carbons (Fsp3) is 0.519. The molecule has 4 rings (SSSR count). The minimum Gasteiger partial charge on any atom is -0.493 e. The maximum Gasteiger partial charge on any atom is 0.253 e. The number of carbonyl (C=O) groups is 1. The fourth-order valence-electron chi connectivity index (χ4n) is 4.77. The SMILES string of the molecule is COc1cc(C(=O)N2CCC3(CC2)CC(OC(C)C)c2ccccc2O3)ccc1OC(C)C. The Balaban J connectivity index is 1.47. The van der Waals surface area contributed by atoms with E-state index in [1.54, 1.807) is 13.2 Å². The molecule has 0 bridgehead atoms. The van der Waals surface area contributed by atoms with Crippen LogP contribution in [0, 0.1) is 0 Å². The average molecular weight is 454 g/mol. The Hall–Kier alpha value is -2.73. The van der Waals surface area contributed by atoms with Crippen LogP contribution in [0.25, 0.3) is 0 Å². The monoisotopic (exact) mass is 453 g/mol. The molecule has 2 aromatic rings. The van der Waals surface area contributed by atoms with Gasteiger partial charge in [-0.2, -0.15) is 0 Å². The molecule has 2 aromatic carbocycles. The molecule has 33 heavy (non-hydrogen) atoms. The first-order valence-corrected chi connectivity index (χ1v) is 11.9. The van der Waals surface area contributed by atoms with Crippen LogP contribution in [0.15, 0.2) is 42.5 Å². The molecule has 0 aliphatic carbocycles. The third kappa shape index (κ3) is 5.11. The first-order chi connectivity index (χ1) is 15.8. The standard InChI is InChI=1S/C27H35NO5/c1-18(2)31-23-11-10-20(16-24(23)30-5)26(29)28-14-12-27(13-15-28)17-25(32-19(3)4)21-8-6-7-9-22(21)33-27/h6-11,16,18-19,25H,12-15,17H2,1-5H3. The molecule has 2 aliphatic rings. The quantitative estimate of drug-likeness (QED) is 0.586. The van der Waals surface area contributed by atoms with Gasteiger partial charge in [0.05, 0.1) is 25.4 Å². The number of nitrogens with zero attached hydrogens (tertiary/aromatic N) is 1. The van der Waals surface area contributed by atoms with Crippen LogP contribution in [0.1, 0.15) is 69.0 Å². The van der Waals surface area contributed by atoms with Crippen LogP contribution in [-0.2, 0) is 4.74 Å². The van der Waals surface area contributed by atoms with E-state index in [4.69, 9.17) is 18.9 Å². The zero-order valence-electron chi connectivity index (χ0n) is 20.3. The van der Waals surface area contributed by atoms with Gasteiger partial charge in [-0.25, -0.2) is 0 Å². The Labute approximate surface area is 196 Å². The Morgan fingerprint density at radius 2 is 1.76 bits per heavy atom. The van der Waals surface area contributed by atoms with Gasteiger partial charge < -0.3 is 23.8 Å². The van der Waals surface area contributed by atoms with Crippen LogP contribution in [0.5, 0.6) is 17.2 Å². The smallest absolute Gasteiger partial charge is 0.253 e. The Morgan fingerprint density at radius 1 is 1.03 bits per heavy atom. The third-order valence-corrected chi connectivity index (χ3v) is 6.32. The molecule has 1 atom stereocenters. The lowest BCUT2D eigenvalue weighted by Gasteiger charge is -2.47. The van der Waals surface area contributed by atoms with E-state index in [2.05, 4.69) is 19.9 Å². The minimum absolute atomic E-state index is 0.00503. The number of amides is 1. The van der Waals surface area contributed by atoms with Gasteiger partial charge in [0.25, 0.3) is 5.91 Å². The van der Waals surface area contributed by atoms with Crippen LogP contribution >= 0.6 is 0 Å². The zero-order chi connectivity index (χ0) is 23.6. The zero-order valence-corrected chi connectivity index (χ0v) is 20.3. The summed E-state index contributed by atoms with van der Waals surface area (Å²) in [7, 11) is 1.59. The van der Waals surface area contributed by atoms with Gasteiger partial charge in [-0.15, -0.1) is 0 Å². The van der Waals surface area contributed by atoms with Gasteiger partial charge in [-0.3, -0.25) is 4.79 Å². The van der Waals surface area contributed by atoms with E-state index in [1.807, 2.05) is 49.1 Å². The van der Waals surface area contributed by atoms with Crippen LogP contribution in [0.2, 0.25) is 0 Å². The first kappa shape index (κ1) is 23.4. The van der Waals surface area contributed by atoms with Gasteiger partial charge in [0, 0.05) is 43.5 Å². The highest BCUT2D eigenvalue weighted by atomic mass is 16.5. The second-order valence-corrected chi connectivity index (χ2v) is 9.52. The van der Waals surface area contributed by atoms with Crippen molar-refractivity contribution in [1.82, 2.24) is 4.90 Å². The highest BCUT2D eigenvalue weighted by molar-refractivity contribution is 5.95. The van der Waals surface area contributed by atoms with Crippen LogP contribution in [0.4, 0.5) is 0 Å². The van der Waals surface area contributed by atoms with Crippen molar-refractivity contribution in [1.29, 1.82) is 0 Å². The van der Waals surface area contributed by atoms with Gasteiger partial charge in [0.2, 0.25) is 0 Å². The molecular formula is C27H35NO5. The highest BCUT2D eigenvalue weighted by Gasteiger charge is 2.44. The van der Waals surface area contributed by atoms with Gasteiger partial charge >= 0.3 is 0 Å². The van der Waals surface area contributed by atoms with Crippen molar-refractivity contribution in [3.05, 3.63) is 53.6 Å². The number of para-hydroxylation sites is 1. The van der Waals surface area contributed by atoms with Crippen molar-refractivity contribution in [3.8, 4) is 17.2 Å². The minimum atomic E-state index is -0.308. The largest absolute Gasteiger partial charge is 0.493 e. The molecule has 0 aromatic heterocycles. The van der Waals surface area contributed by atoms with E-state index in [0.29, 0.717) is 30.2 Å². The highest BCUT2D eigenvalue weighted by Crippen LogP contribution is 2.46. The summed E-state index contributed by atoms with van der Waals surface area (Å²) in [6.45, 7) is 9.34. The van der Waals surface area contributed by atoms with Crippen molar-refractivity contribution in [2.24, 2.45) is 0 Å². The van der Waals surface area contributed by atoms with Gasteiger partial charge in [0.1, 0.15) is 11.4 Å². The van der Waals surface area contributed by atoms with E-state index >= 15 is 0 Å². The third-order valence-electron chi connectivity index (χ3n) is 6.32. The number of hydrogen-bond donors (Lipinski definition) is 0. The summed E-state index contributed by atoms with van der Waals surface area (Å²) in [6.07, 6.45) is 2.53. The van der Waals surface area contributed by atoms with Crippen molar-refractivity contribution in [2.45, 2.75) is 70.9 Å². The predicted octanol–water partition coefficient (Wildman–Crippen LogP) is 5.41. The number of carbonyl (C=O) groups excluding carboxylic acids is 1. The summed E-state index contributed by atoms with van der Waals surface area (Å²) in [5.74, 6) is 2.13. The molecule has 1 saturated heterocycles. The fourth-order valence-corrected chi connectivity index (χ4v) is 4.77. The molecule has 1 spiro atoms. The van der Waals surface area contributed by atoms with E-state index in [9.17, 15) is 4.79 Å². The van der Waals surface area contributed by atoms with Crippen molar-refractivity contribution in [3.63, 3.8) is 0 Å². The molecule has 1 fully saturated rings. The molecule has 2 aliphatic heterocycles. The normalized spacial score (nSPS) is 19.4. The molecule has 6 nitrogen and oxygen atoms in total. The average Bonchev–Trinajstić information content (AvgIpc) is 2.78. The maximum atomic E-state index is 13.2. The van der Waals surface area contributed by atoms with E-state index in [0.717, 1.165) is 30.6 Å². The number of fused-ring (bicyclic) bond motifs is 1. The van der Waals surface area contributed by atoms with Gasteiger partial charge in [-0.05, 0) is 52.0 Å². The molecule has 1 amide bonds. The molecule has 0 N–H and O–H groups in total. The summed E-state index contributed by atoms with van der Waals surface area (Å²) in [5.41, 5.74) is 1.41. The predicted molar refractivity (Wildman–Crippen MR) is 127 cm³/mol. The summed E-state index contributed by atoms with van der Waals surface area (Å²) < 4.78 is 24.0. The van der Waals surface area contributed by atoms with Crippen molar-refractivity contribution >= 4 is 5.91 Å². The second kappa shape index (κ2) is 9.64. The van der Waals surface area contributed by atoms with Crippen molar-refractivity contribution in [2.75, 3.05) is 20.2 Å². The molecule has 2 heterocycles. The number of benzene rings is 2. The van der Waals surface area contributed by atoms with Crippen LogP contribution in [0.3, 0.4) is 0 Å². The van der Waals surface area contributed by atoms with Crippen LogP contribution < -0.4 is 14.2 Å². The number of piperidine rings is 1. The second-order valence-electron chi connectivity index (χ2n) is 9.52. The molecule has 0 radical (unpaired) electrons. The van der Waals surface area contributed by atoms with Crippen LogP contribution in [-0.4, -0.2) is 48.8 Å². The lowest BCUT2D eigenvalue weighted by molar-refractivity contribution is -0.0872. The summed E-state index contributed by atoms with van der Waals surface area (Å²) in [6, 6.07) is 13.5. The maximum absolute atomic E-state index is 13.2. The Morgan fingerprint density at radius 3 is 2.42 bits per heavy atom. The number of methoxy groups -OCH3 is 1. The molecule has 1 unspecified atom stereocenters. The Kier molecular flexibility index (Phi) is 6.84. The molecule has 6 heteroatoms. The summed E-state index contributed by atoms with van der Waals surface area (Å²) in [5, 5.41) is 0. The first-order valence-electron chi connectivity index (χ1n) is 11.9. The van der Waals surface area contributed by atoms with Gasteiger partial charge in [-0.1, -0.05) is 18.2 Å². The number of hydrogen-bond acceptors (Lipinski definition) is 5. The molecule has 178 valence electrons. The van der Waals surface area contributed by atoms with E-state index in [1.165, 1.54) is 0 Å². The Bertz CT molecular complexity index is 978. The molecule has 0 saturated carbocycles.